The fourth-order valence-electron chi connectivity index (χ4n) is 2.04. The number of morpholine rings is 1. The van der Waals surface area contributed by atoms with Gasteiger partial charge in [-0.15, -0.1) is 0 Å². The van der Waals surface area contributed by atoms with Gasteiger partial charge in [0.1, 0.15) is 0 Å². The zero-order chi connectivity index (χ0) is 9.68. The normalized spacial score (nSPS) is 25.4. The van der Waals surface area contributed by atoms with E-state index in [1.807, 2.05) is 0 Å². The van der Waals surface area contributed by atoms with Gasteiger partial charge in [-0.2, -0.15) is 0 Å². The lowest BCUT2D eigenvalue weighted by Gasteiger charge is -2.39. The Kier molecular flexibility index (Phi) is 5.29. The van der Waals surface area contributed by atoms with Gasteiger partial charge in [0.05, 0.1) is 13.2 Å². The molecule has 1 saturated heterocycles. The topological polar surface area (TPSA) is 12.5 Å². The first-order valence-electron chi connectivity index (χ1n) is 5.22. The van der Waals surface area contributed by atoms with Crippen LogP contribution in [0.5, 0.6) is 0 Å². The summed E-state index contributed by atoms with van der Waals surface area (Å²) in [5, 5.41) is 1.03. The molecule has 1 aliphatic heterocycles. The minimum absolute atomic E-state index is 0.582. The van der Waals surface area contributed by atoms with Gasteiger partial charge >= 0.3 is 0 Å². The molecule has 1 rings (SSSR count). The smallest absolute Gasteiger partial charge is 0.0630 e. The fraction of sp³-hybridized carbons (Fsp3) is 1.00. The molecule has 13 heavy (non-hydrogen) atoms. The molecule has 0 aromatic heterocycles. The highest BCUT2D eigenvalue weighted by Crippen LogP contribution is 2.17. The molecule has 0 bridgehead atoms. The molecular weight excluding hydrogens is 230 g/mol. The molecule has 0 saturated carbocycles. The number of hydrogen-bond donors (Lipinski definition) is 0. The summed E-state index contributed by atoms with van der Waals surface area (Å²) in [6, 6.07) is 1.32. The molecular formula is C10H20BrNO. The molecule has 1 aliphatic rings. The quantitative estimate of drug-likeness (QED) is 0.710. The summed E-state index contributed by atoms with van der Waals surface area (Å²) in [4.78, 5) is 2.60. The lowest BCUT2D eigenvalue weighted by atomic mass is 10.1. The van der Waals surface area contributed by atoms with Gasteiger partial charge < -0.3 is 4.74 Å². The van der Waals surface area contributed by atoms with Crippen LogP contribution in [0.15, 0.2) is 0 Å². The molecule has 1 heterocycles. The first-order chi connectivity index (χ1) is 6.33. The maximum absolute atomic E-state index is 5.47. The second kappa shape index (κ2) is 5.99. The molecule has 78 valence electrons. The fourth-order valence-corrected chi connectivity index (χ4v) is 2.60. The average molecular weight is 250 g/mol. The Balaban J connectivity index is 2.51. The molecule has 1 fully saturated rings. The third-order valence-electron chi connectivity index (χ3n) is 2.86. The van der Waals surface area contributed by atoms with E-state index in [1.54, 1.807) is 0 Å². The Morgan fingerprint density at radius 3 is 2.69 bits per heavy atom. The third kappa shape index (κ3) is 2.93. The Hall–Kier alpha value is 0.400. The van der Waals surface area contributed by atoms with Crippen LogP contribution >= 0.6 is 15.9 Å². The van der Waals surface area contributed by atoms with Crippen LogP contribution in [0.2, 0.25) is 0 Å². The summed E-state index contributed by atoms with van der Waals surface area (Å²) >= 11 is 3.56. The van der Waals surface area contributed by atoms with Gasteiger partial charge in [-0.3, -0.25) is 4.90 Å². The van der Waals surface area contributed by atoms with Gasteiger partial charge in [-0.05, 0) is 12.8 Å². The molecule has 2 nitrogen and oxygen atoms in total. The monoisotopic (exact) mass is 249 g/mol. The molecule has 0 aromatic carbocycles. The standard InChI is InChI=1S/C10H20BrNO/c1-3-9(4-2)12-5-6-13-8-10(12)7-11/h9-10H,3-8H2,1-2H3. The van der Waals surface area contributed by atoms with Gasteiger partial charge in [-0.1, -0.05) is 29.8 Å². The van der Waals surface area contributed by atoms with Crippen LogP contribution in [0.25, 0.3) is 0 Å². The molecule has 0 aromatic rings. The third-order valence-corrected chi connectivity index (χ3v) is 3.61. The summed E-state index contributed by atoms with van der Waals surface area (Å²) in [5.74, 6) is 0. The molecule has 0 aliphatic carbocycles. The van der Waals surface area contributed by atoms with E-state index in [1.165, 1.54) is 12.8 Å². The van der Waals surface area contributed by atoms with Crippen molar-refractivity contribution >= 4 is 15.9 Å². The minimum Gasteiger partial charge on any atom is -0.378 e. The highest BCUT2D eigenvalue weighted by atomic mass is 79.9. The summed E-state index contributed by atoms with van der Waals surface area (Å²) in [5.41, 5.74) is 0. The summed E-state index contributed by atoms with van der Waals surface area (Å²) in [7, 11) is 0. The van der Waals surface area contributed by atoms with E-state index in [0.717, 1.165) is 31.1 Å². The van der Waals surface area contributed by atoms with Crippen LogP contribution in [0.3, 0.4) is 0 Å². The van der Waals surface area contributed by atoms with Gasteiger partial charge in [0, 0.05) is 24.0 Å². The molecule has 0 N–H and O–H groups in total. The highest BCUT2D eigenvalue weighted by Gasteiger charge is 2.26. The maximum atomic E-state index is 5.47. The van der Waals surface area contributed by atoms with Gasteiger partial charge in [0.25, 0.3) is 0 Å². The van der Waals surface area contributed by atoms with E-state index in [2.05, 4.69) is 34.7 Å². The van der Waals surface area contributed by atoms with Gasteiger partial charge in [-0.25, -0.2) is 0 Å². The molecule has 1 unspecified atom stereocenters. The molecule has 0 amide bonds. The Morgan fingerprint density at radius 2 is 2.15 bits per heavy atom. The van der Waals surface area contributed by atoms with Crippen molar-refractivity contribution in [1.82, 2.24) is 4.90 Å². The van der Waals surface area contributed by atoms with E-state index in [9.17, 15) is 0 Å². The first kappa shape index (κ1) is 11.5. The first-order valence-corrected chi connectivity index (χ1v) is 6.35. The number of halogens is 1. The van der Waals surface area contributed by atoms with Crippen molar-refractivity contribution in [1.29, 1.82) is 0 Å². The second-order valence-corrected chi connectivity index (χ2v) is 4.24. The van der Waals surface area contributed by atoms with Crippen molar-refractivity contribution in [3.8, 4) is 0 Å². The van der Waals surface area contributed by atoms with Gasteiger partial charge in [0.15, 0.2) is 0 Å². The number of hydrogen-bond acceptors (Lipinski definition) is 2. The highest BCUT2D eigenvalue weighted by molar-refractivity contribution is 9.09. The summed E-state index contributed by atoms with van der Waals surface area (Å²) in [6.45, 7) is 7.44. The van der Waals surface area contributed by atoms with Crippen molar-refractivity contribution in [2.45, 2.75) is 38.8 Å². The maximum Gasteiger partial charge on any atom is 0.0630 e. The predicted molar refractivity (Wildman–Crippen MR) is 59.5 cm³/mol. The molecule has 0 spiro atoms. The predicted octanol–water partition coefficient (Wildman–Crippen LogP) is 2.27. The van der Waals surface area contributed by atoms with E-state index in [-0.39, 0.29) is 0 Å². The molecule has 3 heteroatoms. The van der Waals surface area contributed by atoms with E-state index in [4.69, 9.17) is 4.74 Å². The van der Waals surface area contributed by atoms with Crippen LogP contribution < -0.4 is 0 Å². The van der Waals surface area contributed by atoms with Crippen LogP contribution in [-0.4, -0.2) is 42.1 Å². The van der Waals surface area contributed by atoms with Crippen molar-refractivity contribution < 1.29 is 4.74 Å². The van der Waals surface area contributed by atoms with Crippen LogP contribution in [0, 0.1) is 0 Å². The van der Waals surface area contributed by atoms with E-state index >= 15 is 0 Å². The lowest BCUT2D eigenvalue weighted by Crippen LogP contribution is -2.51. The van der Waals surface area contributed by atoms with Gasteiger partial charge in [0.2, 0.25) is 0 Å². The zero-order valence-electron chi connectivity index (χ0n) is 8.63. The number of rotatable bonds is 4. The average Bonchev–Trinajstić information content (AvgIpc) is 2.20. The van der Waals surface area contributed by atoms with Crippen LogP contribution in [0.1, 0.15) is 26.7 Å². The van der Waals surface area contributed by atoms with Crippen molar-refractivity contribution in [3.05, 3.63) is 0 Å². The molecule has 1 atom stereocenters. The van der Waals surface area contributed by atoms with Crippen molar-refractivity contribution in [2.75, 3.05) is 25.1 Å². The largest absolute Gasteiger partial charge is 0.378 e. The van der Waals surface area contributed by atoms with E-state index < -0.39 is 0 Å². The van der Waals surface area contributed by atoms with Crippen molar-refractivity contribution in [2.24, 2.45) is 0 Å². The minimum atomic E-state index is 0.582. The van der Waals surface area contributed by atoms with Crippen LogP contribution in [-0.2, 0) is 4.74 Å². The Morgan fingerprint density at radius 1 is 1.46 bits per heavy atom. The zero-order valence-corrected chi connectivity index (χ0v) is 10.2. The number of ether oxygens (including phenoxy) is 1. The summed E-state index contributed by atoms with van der Waals surface area (Å²) in [6.07, 6.45) is 2.50. The number of nitrogens with zero attached hydrogens (tertiary/aromatic N) is 1. The van der Waals surface area contributed by atoms with Crippen molar-refractivity contribution in [3.63, 3.8) is 0 Å². The second-order valence-electron chi connectivity index (χ2n) is 3.59. The lowest BCUT2D eigenvalue weighted by molar-refractivity contribution is -0.0212. The number of alkyl halides is 1. The van der Waals surface area contributed by atoms with E-state index in [0.29, 0.717) is 6.04 Å². The Labute approximate surface area is 89.8 Å². The Bertz CT molecular complexity index is 131. The molecule has 0 radical (unpaired) electrons. The summed E-state index contributed by atoms with van der Waals surface area (Å²) < 4.78 is 5.47. The van der Waals surface area contributed by atoms with Crippen LogP contribution in [0.4, 0.5) is 0 Å². The SMILES string of the molecule is CCC(CC)N1CCOCC1CBr.